The summed E-state index contributed by atoms with van der Waals surface area (Å²) in [5.41, 5.74) is 17.6. The Morgan fingerprint density at radius 2 is 1.96 bits per heavy atom. The number of hydrogen-bond donors (Lipinski definition) is 3. The third-order valence-corrected chi connectivity index (χ3v) is 4.96. The highest BCUT2D eigenvalue weighted by atomic mass is 32.1. The van der Waals surface area contributed by atoms with Gasteiger partial charge in [0.2, 0.25) is 0 Å². The molecule has 3 aromatic rings. The van der Waals surface area contributed by atoms with Crippen LogP contribution in [0.25, 0.3) is 10.2 Å². The Bertz CT molecular complexity index is 968. The number of nitrogens with one attached hydrogen (secondary N) is 1. The molecule has 1 aromatic carbocycles. The summed E-state index contributed by atoms with van der Waals surface area (Å²) in [4.78, 5) is 18.3. The molecule has 0 aliphatic carbocycles. The Hall–Kier alpha value is -2.71. The molecule has 0 saturated heterocycles. The van der Waals surface area contributed by atoms with Gasteiger partial charge in [0.05, 0.1) is 11.4 Å². The van der Waals surface area contributed by atoms with Crippen molar-refractivity contribution in [3.8, 4) is 0 Å². The van der Waals surface area contributed by atoms with Crippen molar-refractivity contribution in [3.63, 3.8) is 0 Å². The zero-order valence-corrected chi connectivity index (χ0v) is 15.4. The number of aryl methyl sites for hydroxylation is 2. The van der Waals surface area contributed by atoms with E-state index in [4.69, 9.17) is 23.7 Å². The number of pyridine rings is 1. The summed E-state index contributed by atoms with van der Waals surface area (Å²) in [6.07, 6.45) is 0. The van der Waals surface area contributed by atoms with E-state index in [-0.39, 0.29) is 11.0 Å². The van der Waals surface area contributed by atoms with E-state index in [1.807, 2.05) is 38.1 Å². The van der Waals surface area contributed by atoms with E-state index in [9.17, 15) is 4.79 Å². The number of benzene rings is 1. The van der Waals surface area contributed by atoms with Crippen molar-refractivity contribution in [1.82, 2.24) is 10.4 Å². The number of carbonyl (C=O) groups is 1. The van der Waals surface area contributed by atoms with Gasteiger partial charge in [0.15, 0.2) is 5.11 Å². The SMILES string of the molecule is Cc1cc(C)c2c(N)c(C(=O)NN(C(N)=S)c3ccccc3)sc2n1. The molecule has 3 rings (SSSR count). The second-order valence-corrected chi connectivity index (χ2v) is 6.97. The molecule has 0 aliphatic heterocycles. The minimum atomic E-state index is -0.380. The summed E-state index contributed by atoms with van der Waals surface area (Å²) in [6.45, 7) is 3.86. The van der Waals surface area contributed by atoms with Gasteiger partial charge in [-0.15, -0.1) is 11.3 Å². The lowest BCUT2D eigenvalue weighted by Gasteiger charge is -2.23. The standard InChI is InChI=1S/C17H17N5OS2/c1-9-8-10(2)20-16-12(9)13(18)14(25-16)15(23)21-22(17(19)24)11-6-4-3-5-7-11/h3-8H,18H2,1-2H3,(H2,19,24)(H,21,23). The van der Waals surface area contributed by atoms with Crippen LogP contribution in [0, 0.1) is 13.8 Å². The number of hydrazine groups is 1. The molecular formula is C17H17N5OS2. The van der Waals surface area contributed by atoms with Gasteiger partial charge in [-0.2, -0.15) is 0 Å². The van der Waals surface area contributed by atoms with Crippen molar-refractivity contribution >= 4 is 56.2 Å². The molecule has 2 heterocycles. The van der Waals surface area contributed by atoms with Crippen LogP contribution in [0.5, 0.6) is 0 Å². The third-order valence-electron chi connectivity index (χ3n) is 3.68. The summed E-state index contributed by atoms with van der Waals surface area (Å²) < 4.78 is 0. The summed E-state index contributed by atoms with van der Waals surface area (Å²) in [5.74, 6) is -0.380. The van der Waals surface area contributed by atoms with Gasteiger partial charge < -0.3 is 11.5 Å². The van der Waals surface area contributed by atoms with E-state index >= 15 is 0 Å². The molecule has 6 nitrogen and oxygen atoms in total. The minimum absolute atomic E-state index is 0.0318. The van der Waals surface area contributed by atoms with Crippen molar-refractivity contribution in [1.29, 1.82) is 0 Å². The molecule has 0 spiro atoms. The monoisotopic (exact) mass is 371 g/mol. The average Bonchev–Trinajstić information content (AvgIpc) is 2.89. The number of nitrogens with two attached hydrogens (primary N) is 2. The van der Waals surface area contributed by atoms with Gasteiger partial charge in [-0.1, -0.05) is 18.2 Å². The fourth-order valence-corrected chi connectivity index (χ4v) is 3.87. The van der Waals surface area contributed by atoms with E-state index in [0.29, 0.717) is 16.3 Å². The van der Waals surface area contributed by atoms with Crippen LogP contribution < -0.4 is 21.9 Å². The van der Waals surface area contributed by atoms with Crippen LogP contribution in [-0.2, 0) is 0 Å². The zero-order chi connectivity index (χ0) is 18.1. The fourth-order valence-electron chi connectivity index (χ4n) is 2.61. The summed E-state index contributed by atoms with van der Waals surface area (Å²) >= 11 is 6.30. The molecule has 5 N–H and O–H groups in total. The first-order chi connectivity index (χ1) is 11.9. The van der Waals surface area contributed by atoms with Crippen LogP contribution in [0.15, 0.2) is 36.4 Å². The van der Waals surface area contributed by atoms with Crippen LogP contribution in [-0.4, -0.2) is 16.0 Å². The van der Waals surface area contributed by atoms with Crippen LogP contribution in [0.4, 0.5) is 11.4 Å². The lowest BCUT2D eigenvalue weighted by Crippen LogP contribution is -2.49. The first kappa shape index (κ1) is 17.1. The quantitative estimate of drug-likeness (QED) is 0.473. The number of fused-ring (bicyclic) bond motifs is 1. The maximum absolute atomic E-state index is 12.8. The smallest absolute Gasteiger partial charge is 0.282 e. The predicted octanol–water partition coefficient (Wildman–Crippen LogP) is 2.89. The van der Waals surface area contributed by atoms with E-state index in [2.05, 4.69) is 10.4 Å². The number of aromatic nitrogens is 1. The van der Waals surface area contributed by atoms with Crippen LogP contribution in [0.1, 0.15) is 20.9 Å². The van der Waals surface area contributed by atoms with E-state index < -0.39 is 0 Å². The molecule has 0 saturated carbocycles. The molecule has 128 valence electrons. The minimum Gasteiger partial charge on any atom is -0.397 e. The molecule has 0 unspecified atom stereocenters. The first-order valence-electron chi connectivity index (χ1n) is 7.50. The molecule has 1 amide bonds. The lowest BCUT2D eigenvalue weighted by molar-refractivity contribution is 0.0960. The number of para-hydroxylation sites is 1. The topological polar surface area (TPSA) is 97.3 Å². The van der Waals surface area contributed by atoms with Crippen molar-refractivity contribution in [2.24, 2.45) is 5.73 Å². The number of thiocarbonyl (C=S) groups is 1. The van der Waals surface area contributed by atoms with Gasteiger partial charge in [0.25, 0.3) is 5.91 Å². The van der Waals surface area contributed by atoms with Crippen LogP contribution >= 0.6 is 23.6 Å². The van der Waals surface area contributed by atoms with Gasteiger partial charge >= 0.3 is 0 Å². The van der Waals surface area contributed by atoms with Gasteiger partial charge in [-0.3, -0.25) is 10.2 Å². The number of rotatable bonds is 2. The number of nitrogens with zero attached hydrogens (tertiary/aromatic N) is 2. The highest BCUT2D eigenvalue weighted by Crippen LogP contribution is 2.35. The highest BCUT2D eigenvalue weighted by Gasteiger charge is 2.21. The van der Waals surface area contributed by atoms with Crippen molar-refractivity contribution in [3.05, 3.63) is 52.5 Å². The van der Waals surface area contributed by atoms with Crippen LogP contribution in [0.2, 0.25) is 0 Å². The van der Waals surface area contributed by atoms with Gasteiger partial charge in [0.1, 0.15) is 9.71 Å². The van der Waals surface area contributed by atoms with E-state index in [0.717, 1.165) is 21.5 Å². The predicted molar refractivity (Wildman–Crippen MR) is 107 cm³/mol. The fraction of sp³-hybridized carbons (Fsp3) is 0.118. The molecule has 0 radical (unpaired) electrons. The zero-order valence-electron chi connectivity index (χ0n) is 13.7. The van der Waals surface area contributed by atoms with Crippen molar-refractivity contribution in [2.75, 3.05) is 10.7 Å². The average molecular weight is 371 g/mol. The second kappa shape index (κ2) is 6.66. The molecule has 0 atom stereocenters. The lowest BCUT2D eigenvalue weighted by atomic mass is 10.1. The maximum Gasteiger partial charge on any atom is 0.282 e. The Labute approximate surface area is 154 Å². The van der Waals surface area contributed by atoms with Gasteiger partial charge in [-0.05, 0) is 49.8 Å². The number of thiophene rings is 1. The Morgan fingerprint density at radius 3 is 2.60 bits per heavy atom. The van der Waals surface area contributed by atoms with E-state index in [1.165, 1.54) is 16.3 Å². The molecule has 0 fully saturated rings. The Kier molecular flexibility index (Phi) is 4.56. The maximum atomic E-state index is 12.8. The first-order valence-corrected chi connectivity index (χ1v) is 8.72. The third kappa shape index (κ3) is 3.26. The van der Waals surface area contributed by atoms with Gasteiger partial charge in [-0.25, -0.2) is 9.99 Å². The highest BCUT2D eigenvalue weighted by molar-refractivity contribution is 7.80. The molecule has 2 aromatic heterocycles. The Balaban J connectivity index is 1.98. The number of anilines is 2. The number of hydrogen-bond acceptors (Lipinski definition) is 5. The Morgan fingerprint density at radius 1 is 1.28 bits per heavy atom. The van der Waals surface area contributed by atoms with Crippen molar-refractivity contribution < 1.29 is 4.79 Å². The number of nitrogen functional groups attached to an aromatic ring is 1. The summed E-state index contributed by atoms with van der Waals surface area (Å²) in [5, 5.41) is 2.19. The van der Waals surface area contributed by atoms with E-state index in [1.54, 1.807) is 12.1 Å². The molecule has 25 heavy (non-hydrogen) atoms. The second-order valence-electron chi connectivity index (χ2n) is 5.56. The molecule has 0 aliphatic rings. The number of amides is 1. The van der Waals surface area contributed by atoms with Gasteiger partial charge in [0, 0.05) is 11.1 Å². The molecule has 0 bridgehead atoms. The molecule has 8 heteroatoms. The summed E-state index contributed by atoms with van der Waals surface area (Å²) in [7, 11) is 0. The summed E-state index contributed by atoms with van der Waals surface area (Å²) in [6, 6.07) is 11.1. The number of carbonyl (C=O) groups excluding carboxylic acids is 1. The normalized spacial score (nSPS) is 10.6. The molecular weight excluding hydrogens is 354 g/mol. The van der Waals surface area contributed by atoms with Crippen LogP contribution in [0.3, 0.4) is 0 Å². The largest absolute Gasteiger partial charge is 0.397 e. The van der Waals surface area contributed by atoms with Crippen molar-refractivity contribution in [2.45, 2.75) is 13.8 Å².